The Hall–Kier alpha value is -0.810. The Balaban J connectivity index is 2.10. The monoisotopic (exact) mass is 285 g/mol. The van der Waals surface area contributed by atoms with E-state index in [1.807, 2.05) is 20.8 Å². The van der Waals surface area contributed by atoms with Gasteiger partial charge in [-0.1, -0.05) is 13.3 Å². The lowest BCUT2D eigenvalue weighted by atomic mass is 10.1. The van der Waals surface area contributed by atoms with Crippen molar-refractivity contribution in [3.05, 3.63) is 0 Å². The molecule has 0 aromatic carbocycles. The number of hydrogen-bond donors (Lipinski definition) is 2. The lowest BCUT2D eigenvalue weighted by molar-refractivity contribution is 0.0525. The molecule has 1 atom stereocenters. The quantitative estimate of drug-likeness (QED) is 0.733. The third kappa shape index (κ3) is 7.70. The summed E-state index contributed by atoms with van der Waals surface area (Å²) in [7, 11) is 0. The van der Waals surface area contributed by atoms with Crippen LogP contribution in [-0.2, 0) is 4.74 Å². The zero-order valence-electron chi connectivity index (χ0n) is 13.5. The minimum atomic E-state index is -0.421. The molecule has 0 radical (unpaired) electrons. The summed E-state index contributed by atoms with van der Waals surface area (Å²) in [5.74, 6) is 0. The maximum atomic E-state index is 11.5. The number of hydrogen-bond acceptors (Lipinski definition) is 4. The van der Waals surface area contributed by atoms with Crippen LogP contribution in [0.2, 0.25) is 0 Å². The normalized spacial score (nSPS) is 20.7. The molecule has 1 rings (SSSR count). The molecule has 1 unspecified atom stereocenters. The minimum absolute atomic E-state index is 0.318. The molecule has 0 saturated carbocycles. The van der Waals surface area contributed by atoms with Crippen LogP contribution in [0, 0.1) is 0 Å². The van der Waals surface area contributed by atoms with E-state index in [0.717, 1.165) is 32.6 Å². The minimum Gasteiger partial charge on any atom is -0.444 e. The maximum Gasteiger partial charge on any atom is 0.407 e. The highest BCUT2D eigenvalue weighted by Gasteiger charge is 2.18. The molecule has 0 bridgehead atoms. The first-order valence-electron chi connectivity index (χ1n) is 7.83. The third-order valence-corrected chi connectivity index (χ3v) is 3.30. The molecule has 1 aliphatic heterocycles. The van der Waals surface area contributed by atoms with E-state index < -0.39 is 5.60 Å². The molecule has 20 heavy (non-hydrogen) atoms. The van der Waals surface area contributed by atoms with Gasteiger partial charge in [-0.15, -0.1) is 0 Å². The van der Waals surface area contributed by atoms with Crippen LogP contribution in [0.5, 0.6) is 0 Å². The highest BCUT2D eigenvalue weighted by atomic mass is 16.6. The number of amides is 1. The van der Waals surface area contributed by atoms with Gasteiger partial charge in [0.25, 0.3) is 0 Å². The van der Waals surface area contributed by atoms with Gasteiger partial charge in [0.05, 0.1) is 0 Å². The predicted octanol–water partition coefficient (Wildman–Crippen LogP) is 1.98. The number of piperazine rings is 1. The Labute approximate surface area is 123 Å². The van der Waals surface area contributed by atoms with Crippen molar-refractivity contribution < 1.29 is 9.53 Å². The number of carbonyl (C=O) groups is 1. The average Bonchev–Trinajstić information content (AvgIpc) is 2.33. The first-order chi connectivity index (χ1) is 9.40. The summed E-state index contributed by atoms with van der Waals surface area (Å²) < 4.78 is 5.21. The summed E-state index contributed by atoms with van der Waals surface area (Å²) in [5, 5.41) is 6.36. The highest BCUT2D eigenvalue weighted by molar-refractivity contribution is 5.67. The van der Waals surface area contributed by atoms with E-state index in [1.165, 1.54) is 12.8 Å². The number of ether oxygens (including phenoxy) is 1. The molecule has 2 N–H and O–H groups in total. The lowest BCUT2D eigenvalue weighted by Crippen LogP contribution is -2.51. The number of rotatable bonds is 6. The molecule has 0 aliphatic carbocycles. The Kier molecular flexibility index (Phi) is 7.30. The summed E-state index contributed by atoms with van der Waals surface area (Å²) in [6.45, 7) is 12.9. The summed E-state index contributed by atoms with van der Waals surface area (Å²) >= 11 is 0. The molecule has 0 spiro atoms. The van der Waals surface area contributed by atoms with E-state index in [0.29, 0.717) is 12.6 Å². The Morgan fingerprint density at radius 2 is 2.20 bits per heavy atom. The van der Waals surface area contributed by atoms with E-state index >= 15 is 0 Å². The second-order valence-corrected chi connectivity index (χ2v) is 6.52. The molecular formula is C15H31N3O2. The van der Waals surface area contributed by atoms with Crippen molar-refractivity contribution >= 4 is 6.09 Å². The van der Waals surface area contributed by atoms with Gasteiger partial charge in [0.1, 0.15) is 5.60 Å². The summed E-state index contributed by atoms with van der Waals surface area (Å²) in [4.78, 5) is 14.0. The molecular weight excluding hydrogens is 254 g/mol. The Morgan fingerprint density at radius 1 is 1.45 bits per heavy atom. The fraction of sp³-hybridized carbons (Fsp3) is 0.933. The van der Waals surface area contributed by atoms with E-state index in [1.54, 1.807) is 0 Å². The van der Waals surface area contributed by atoms with Crippen LogP contribution in [0.1, 0.15) is 47.0 Å². The molecule has 118 valence electrons. The largest absolute Gasteiger partial charge is 0.444 e. The maximum absolute atomic E-state index is 11.5. The van der Waals surface area contributed by atoms with Crippen molar-refractivity contribution in [3.8, 4) is 0 Å². The van der Waals surface area contributed by atoms with Crippen LogP contribution in [0.3, 0.4) is 0 Å². The van der Waals surface area contributed by atoms with E-state index in [4.69, 9.17) is 4.74 Å². The molecule has 1 fully saturated rings. The standard InChI is InChI=1S/C15H31N3O2/c1-5-7-13-12-18(11-9-16-13)10-6-8-17-14(19)20-15(2,3)4/h13,16H,5-12H2,1-4H3,(H,17,19). The van der Waals surface area contributed by atoms with Gasteiger partial charge in [-0.25, -0.2) is 4.79 Å². The predicted molar refractivity (Wildman–Crippen MR) is 82.0 cm³/mol. The van der Waals surface area contributed by atoms with E-state index in [-0.39, 0.29) is 6.09 Å². The lowest BCUT2D eigenvalue weighted by Gasteiger charge is -2.33. The number of nitrogens with zero attached hydrogens (tertiary/aromatic N) is 1. The molecule has 0 aromatic heterocycles. The van der Waals surface area contributed by atoms with Crippen molar-refractivity contribution in [1.82, 2.24) is 15.5 Å². The second kappa shape index (κ2) is 8.47. The summed E-state index contributed by atoms with van der Waals surface area (Å²) in [6.07, 6.45) is 3.12. The van der Waals surface area contributed by atoms with Crippen LogP contribution < -0.4 is 10.6 Å². The van der Waals surface area contributed by atoms with E-state index in [2.05, 4.69) is 22.5 Å². The van der Waals surface area contributed by atoms with Gasteiger partial charge in [-0.2, -0.15) is 0 Å². The SMILES string of the molecule is CCCC1CN(CCCNC(=O)OC(C)(C)C)CCN1. The number of nitrogens with one attached hydrogen (secondary N) is 2. The third-order valence-electron chi connectivity index (χ3n) is 3.30. The van der Waals surface area contributed by atoms with Gasteiger partial charge >= 0.3 is 6.09 Å². The van der Waals surface area contributed by atoms with Gasteiger partial charge in [0, 0.05) is 32.2 Å². The van der Waals surface area contributed by atoms with Crippen molar-refractivity contribution in [1.29, 1.82) is 0 Å². The van der Waals surface area contributed by atoms with Gasteiger partial charge in [0.15, 0.2) is 0 Å². The first-order valence-corrected chi connectivity index (χ1v) is 7.83. The smallest absolute Gasteiger partial charge is 0.407 e. The average molecular weight is 285 g/mol. The fourth-order valence-corrected chi connectivity index (χ4v) is 2.45. The molecule has 0 aromatic rings. The van der Waals surface area contributed by atoms with Crippen molar-refractivity contribution in [2.45, 2.75) is 58.6 Å². The summed E-state index contributed by atoms with van der Waals surface area (Å²) in [6, 6.07) is 0.632. The van der Waals surface area contributed by atoms with Crippen LogP contribution >= 0.6 is 0 Å². The van der Waals surface area contributed by atoms with Gasteiger partial charge in [0.2, 0.25) is 0 Å². The molecule has 5 heteroatoms. The second-order valence-electron chi connectivity index (χ2n) is 6.52. The van der Waals surface area contributed by atoms with Crippen LogP contribution in [0.4, 0.5) is 4.79 Å². The molecule has 1 saturated heterocycles. The highest BCUT2D eigenvalue weighted by Crippen LogP contribution is 2.07. The molecule has 5 nitrogen and oxygen atoms in total. The van der Waals surface area contributed by atoms with E-state index in [9.17, 15) is 4.79 Å². The van der Waals surface area contributed by atoms with Gasteiger partial charge in [-0.3, -0.25) is 0 Å². The summed E-state index contributed by atoms with van der Waals surface area (Å²) in [5.41, 5.74) is -0.421. The fourth-order valence-electron chi connectivity index (χ4n) is 2.45. The topological polar surface area (TPSA) is 53.6 Å². The zero-order chi connectivity index (χ0) is 15.0. The zero-order valence-corrected chi connectivity index (χ0v) is 13.5. The van der Waals surface area contributed by atoms with Crippen LogP contribution in [0.25, 0.3) is 0 Å². The molecule has 1 amide bonds. The molecule has 1 heterocycles. The van der Waals surface area contributed by atoms with Crippen molar-refractivity contribution in [3.63, 3.8) is 0 Å². The Morgan fingerprint density at radius 3 is 2.85 bits per heavy atom. The number of carbonyl (C=O) groups excluding carboxylic acids is 1. The van der Waals surface area contributed by atoms with Gasteiger partial charge < -0.3 is 20.3 Å². The van der Waals surface area contributed by atoms with Crippen molar-refractivity contribution in [2.24, 2.45) is 0 Å². The van der Waals surface area contributed by atoms with Crippen molar-refractivity contribution in [2.75, 3.05) is 32.7 Å². The van der Waals surface area contributed by atoms with Gasteiger partial charge in [-0.05, 0) is 40.2 Å². The Bertz CT molecular complexity index is 287. The number of alkyl carbamates (subject to hydrolysis) is 1. The molecule has 1 aliphatic rings. The van der Waals surface area contributed by atoms with Crippen LogP contribution in [0.15, 0.2) is 0 Å². The first kappa shape index (κ1) is 17.2. The van der Waals surface area contributed by atoms with Crippen LogP contribution in [-0.4, -0.2) is 55.4 Å².